The number of aryl methyl sites for hydroxylation is 1. The molecule has 2 aromatic rings. The predicted octanol–water partition coefficient (Wildman–Crippen LogP) is 3.23. The summed E-state index contributed by atoms with van der Waals surface area (Å²) in [5.74, 6) is 0. The lowest BCUT2D eigenvalue weighted by Crippen LogP contribution is -2.11. The van der Waals surface area contributed by atoms with E-state index in [0.717, 1.165) is 15.5 Å². The van der Waals surface area contributed by atoms with Crippen molar-refractivity contribution in [3.05, 3.63) is 54.1 Å². The first kappa shape index (κ1) is 12.8. The third-order valence-electron chi connectivity index (χ3n) is 2.78. The first-order valence-electron chi connectivity index (χ1n) is 5.84. The molecule has 0 amide bonds. The Hall–Kier alpha value is -1.61. The Balaban J connectivity index is 2.43. The van der Waals surface area contributed by atoms with E-state index in [-0.39, 0.29) is 0 Å². The van der Waals surface area contributed by atoms with Crippen molar-refractivity contribution in [1.29, 1.82) is 0 Å². The van der Waals surface area contributed by atoms with Crippen LogP contribution in [0.2, 0.25) is 0 Å². The van der Waals surface area contributed by atoms with Crippen molar-refractivity contribution in [3.8, 4) is 0 Å². The van der Waals surface area contributed by atoms with Gasteiger partial charge in [-0.2, -0.15) is 0 Å². The summed E-state index contributed by atoms with van der Waals surface area (Å²) >= 11 is 0. The molecule has 0 radical (unpaired) electrons. The van der Waals surface area contributed by atoms with Crippen molar-refractivity contribution < 1.29 is 4.21 Å². The summed E-state index contributed by atoms with van der Waals surface area (Å²) in [5, 5.41) is 0. The average Bonchev–Trinajstić information content (AvgIpc) is 2.39. The van der Waals surface area contributed by atoms with Crippen LogP contribution in [0.15, 0.2) is 58.3 Å². The molecule has 0 fully saturated rings. The second-order valence-corrected chi connectivity index (χ2v) is 5.89. The molecule has 0 aliphatic heterocycles. The lowest BCUT2D eigenvalue weighted by atomic mass is 10.2. The highest BCUT2D eigenvalue weighted by atomic mass is 32.2. The fraction of sp³-hybridized carbons (Fsp3) is 0.200. The van der Waals surface area contributed by atoms with Crippen molar-refractivity contribution in [1.82, 2.24) is 0 Å². The van der Waals surface area contributed by atoms with Gasteiger partial charge in [0, 0.05) is 19.0 Å². The SMILES string of the molecule is Cc1ccc(S(=O)c2ccccc2N(C)C)cc1. The lowest BCUT2D eigenvalue weighted by Gasteiger charge is -2.16. The van der Waals surface area contributed by atoms with Gasteiger partial charge in [0.05, 0.1) is 21.4 Å². The number of anilines is 1. The fourth-order valence-electron chi connectivity index (χ4n) is 1.77. The van der Waals surface area contributed by atoms with Gasteiger partial charge in [0.1, 0.15) is 0 Å². The summed E-state index contributed by atoms with van der Waals surface area (Å²) < 4.78 is 12.6. The third-order valence-corrected chi connectivity index (χ3v) is 4.23. The van der Waals surface area contributed by atoms with Crippen LogP contribution in [0, 0.1) is 6.92 Å². The molecule has 94 valence electrons. The topological polar surface area (TPSA) is 20.3 Å². The van der Waals surface area contributed by atoms with Crippen LogP contribution in [0.5, 0.6) is 0 Å². The minimum Gasteiger partial charge on any atom is -0.377 e. The van der Waals surface area contributed by atoms with Crippen LogP contribution in [-0.4, -0.2) is 18.3 Å². The molecule has 3 heteroatoms. The van der Waals surface area contributed by atoms with E-state index in [1.165, 1.54) is 5.56 Å². The summed E-state index contributed by atoms with van der Waals surface area (Å²) in [7, 11) is 2.80. The number of hydrogen-bond donors (Lipinski definition) is 0. The number of nitrogens with zero attached hydrogens (tertiary/aromatic N) is 1. The summed E-state index contributed by atoms with van der Waals surface area (Å²) in [4.78, 5) is 3.68. The molecule has 1 atom stereocenters. The van der Waals surface area contributed by atoms with E-state index in [1.807, 2.05) is 74.4 Å². The van der Waals surface area contributed by atoms with E-state index in [9.17, 15) is 4.21 Å². The molecule has 0 saturated heterocycles. The zero-order valence-corrected chi connectivity index (χ0v) is 11.7. The van der Waals surface area contributed by atoms with Crippen LogP contribution in [0.3, 0.4) is 0 Å². The molecule has 0 aliphatic carbocycles. The zero-order chi connectivity index (χ0) is 13.1. The van der Waals surface area contributed by atoms with Gasteiger partial charge in [-0.15, -0.1) is 0 Å². The Morgan fingerprint density at radius 2 is 1.56 bits per heavy atom. The Morgan fingerprint density at radius 3 is 2.17 bits per heavy atom. The molecule has 2 aromatic carbocycles. The highest BCUT2D eigenvalue weighted by Crippen LogP contribution is 2.25. The number of para-hydroxylation sites is 1. The van der Waals surface area contributed by atoms with E-state index in [2.05, 4.69) is 0 Å². The van der Waals surface area contributed by atoms with Gasteiger partial charge in [-0.3, -0.25) is 0 Å². The van der Waals surface area contributed by atoms with Crippen LogP contribution in [-0.2, 0) is 10.8 Å². The molecule has 0 bridgehead atoms. The van der Waals surface area contributed by atoms with Crippen LogP contribution in [0.1, 0.15) is 5.56 Å². The Morgan fingerprint density at radius 1 is 0.944 bits per heavy atom. The molecule has 1 unspecified atom stereocenters. The summed E-state index contributed by atoms with van der Waals surface area (Å²) in [6.07, 6.45) is 0. The maximum absolute atomic E-state index is 12.6. The second-order valence-electron chi connectivity index (χ2n) is 4.44. The van der Waals surface area contributed by atoms with Crippen molar-refractivity contribution in [2.24, 2.45) is 0 Å². The largest absolute Gasteiger partial charge is 0.377 e. The molecule has 2 nitrogen and oxygen atoms in total. The maximum Gasteiger partial charge on any atom is 0.0870 e. The van der Waals surface area contributed by atoms with Gasteiger partial charge in [0.15, 0.2) is 0 Å². The number of benzene rings is 2. The molecular formula is C15H17NOS. The monoisotopic (exact) mass is 259 g/mol. The van der Waals surface area contributed by atoms with Crippen molar-refractivity contribution in [2.75, 3.05) is 19.0 Å². The molecule has 0 aromatic heterocycles. The molecule has 0 heterocycles. The smallest absolute Gasteiger partial charge is 0.0870 e. The third kappa shape index (κ3) is 2.62. The van der Waals surface area contributed by atoms with Crippen LogP contribution in [0.25, 0.3) is 0 Å². The first-order chi connectivity index (χ1) is 8.59. The highest BCUT2D eigenvalue weighted by molar-refractivity contribution is 7.85. The van der Waals surface area contributed by atoms with E-state index in [0.29, 0.717) is 0 Å². The normalized spacial score (nSPS) is 12.2. The molecule has 0 N–H and O–H groups in total. The quantitative estimate of drug-likeness (QED) is 0.843. The molecule has 0 spiro atoms. The van der Waals surface area contributed by atoms with Gasteiger partial charge in [-0.1, -0.05) is 29.8 Å². The van der Waals surface area contributed by atoms with E-state index in [1.54, 1.807) is 0 Å². The Kier molecular flexibility index (Phi) is 3.82. The Bertz CT molecular complexity index is 561. The summed E-state index contributed by atoms with van der Waals surface area (Å²) in [6, 6.07) is 15.6. The van der Waals surface area contributed by atoms with Crippen molar-refractivity contribution >= 4 is 16.5 Å². The number of hydrogen-bond acceptors (Lipinski definition) is 2. The van der Waals surface area contributed by atoms with Crippen LogP contribution >= 0.6 is 0 Å². The second kappa shape index (κ2) is 5.36. The van der Waals surface area contributed by atoms with Gasteiger partial charge in [-0.05, 0) is 31.2 Å². The van der Waals surface area contributed by atoms with Gasteiger partial charge >= 0.3 is 0 Å². The van der Waals surface area contributed by atoms with Crippen molar-refractivity contribution in [2.45, 2.75) is 16.7 Å². The molecule has 2 rings (SSSR count). The predicted molar refractivity (Wildman–Crippen MR) is 76.6 cm³/mol. The van der Waals surface area contributed by atoms with Crippen LogP contribution in [0.4, 0.5) is 5.69 Å². The molecular weight excluding hydrogens is 242 g/mol. The van der Waals surface area contributed by atoms with E-state index in [4.69, 9.17) is 0 Å². The zero-order valence-electron chi connectivity index (χ0n) is 10.9. The first-order valence-corrected chi connectivity index (χ1v) is 6.99. The van der Waals surface area contributed by atoms with Gasteiger partial charge < -0.3 is 4.90 Å². The van der Waals surface area contributed by atoms with Gasteiger partial charge in [0.25, 0.3) is 0 Å². The fourth-order valence-corrected chi connectivity index (χ4v) is 3.05. The minimum absolute atomic E-state index is 0.843. The minimum atomic E-state index is -1.13. The average molecular weight is 259 g/mol. The van der Waals surface area contributed by atoms with Crippen LogP contribution < -0.4 is 4.90 Å². The van der Waals surface area contributed by atoms with E-state index >= 15 is 0 Å². The van der Waals surface area contributed by atoms with Gasteiger partial charge in [0.2, 0.25) is 0 Å². The maximum atomic E-state index is 12.6. The lowest BCUT2D eigenvalue weighted by molar-refractivity contribution is 0.683. The van der Waals surface area contributed by atoms with E-state index < -0.39 is 10.8 Å². The Labute approximate surface area is 111 Å². The van der Waals surface area contributed by atoms with Crippen molar-refractivity contribution in [3.63, 3.8) is 0 Å². The molecule has 0 saturated carbocycles. The molecule has 18 heavy (non-hydrogen) atoms. The highest BCUT2D eigenvalue weighted by Gasteiger charge is 2.12. The summed E-state index contributed by atoms with van der Waals surface area (Å²) in [5.41, 5.74) is 2.17. The molecule has 0 aliphatic rings. The number of rotatable bonds is 3. The summed E-state index contributed by atoms with van der Waals surface area (Å²) in [6.45, 7) is 2.03. The standard InChI is InChI=1S/C15H17NOS/c1-12-8-10-13(11-9-12)18(17)15-7-5-4-6-14(15)16(2)3/h4-11H,1-3H3. The van der Waals surface area contributed by atoms with Gasteiger partial charge in [-0.25, -0.2) is 4.21 Å².